The molecule has 0 aliphatic carbocycles. The average molecular weight is 604 g/mol. The van der Waals surface area contributed by atoms with Gasteiger partial charge >= 0.3 is 0 Å². The fourth-order valence-corrected chi connectivity index (χ4v) is 7.96. The number of para-hydroxylation sites is 2. The van der Waals surface area contributed by atoms with Crippen LogP contribution >= 0.6 is 11.3 Å². The molecule has 0 fully saturated rings. The van der Waals surface area contributed by atoms with Crippen molar-refractivity contribution in [1.82, 2.24) is 9.55 Å². The van der Waals surface area contributed by atoms with Crippen molar-refractivity contribution in [2.45, 2.75) is 0 Å². The number of nitrogens with zero attached hydrogens (tertiary/aromatic N) is 3. The SMILES string of the molecule is [C-]#[N+]c1ccccc1-c1cc(-c2cccc(-c3ccccc3)n2)cc(-n2c3ccccc3c3ccc4c5ccccc5sc4c32)c1. The second-order valence-electron chi connectivity index (χ2n) is 11.5. The third-order valence-corrected chi connectivity index (χ3v) is 10.00. The lowest BCUT2D eigenvalue weighted by molar-refractivity contribution is 1.19. The molecule has 0 aliphatic rings. The Labute approximate surface area is 270 Å². The summed E-state index contributed by atoms with van der Waals surface area (Å²) >= 11 is 1.85. The van der Waals surface area contributed by atoms with Crippen LogP contribution in [0.2, 0.25) is 0 Å². The zero-order chi connectivity index (χ0) is 30.6. The first-order chi connectivity index (χ1) is 22.8. The van der Waals surface area contributed by atoms with Crippen molar-refractivity contribution in [3.63, 3.8) is 0 Å². The monoisotopic (exact) mass is 603 g/mol. The molecule has 0 saturated heterocycles. The van der Waals surface area contributed by atoms with Gasteiger partial charge in [0.05, 0.1) is 33.7 Å². The second kappa shape index (κ2) is 10.6. The van der Waals surface area contributed by atoms with Gasteiger partial charge in [-0.2, -0.15) is 0 Å². The van der Waals surface area contributed by atoms with Crippen molar-refractivity contribution >= 4 is 59.0 Å². The lowest BCUT2D eigenvalue weighted by atomic mass is 9.98. The number of pyridine rings is 1. The van der Waals surface area contributed by atoms with E-state index in [2.05, 4.69) is 119 Å². The molecule has 3 aromatic heterocycles. The molecular weight excluding hydrogens is 579 g/mol. The van der Waals surface area contributed by atoms with Gasteiger partial charge in [-0.1, -0.05) is 109 Å². The van der Waals surface area contributed by atoms with E-state index in [-0.39, 0.29) is 0 Å². The zero-order valence-electron chi connectivity index (χ0n) is 24.7. The van der Waals surface area contributed by atoms with Gasteiger partial charge in [0.2, 0.25) is 0 Å². The number of hydrogen-bond acceptors (Lipinski definition) is 2. The fourth-order valence-electron chi connectivity index (χ4n) is 6.72. The molecule has 9 aromatic rings. The number of fused-ring (bicyclic) bond motifs is 7. The molecule has 0 bridgehead atoms. The van der Waals surface area contributed by atoms with E-state index < -0.39 is 0 Å². The lowest BCUT2D eigenvalue weighted by Crippen LogP contribution is -1.97. The van der Waals surface area contributed by atoms with Crippen molar-refractivity contribution < 1.29 is 0 Å². The van der Waals surface area contributed by atoms with Crippen LogP contribution in [-0.2, 0) is 0 Å². The Hall–Kier alpha value is -6.02. The van der Waals surface area contributed by atoms with Crippen LogP contribution in [0.4, 0.5) is 5.69 Å². The van der Waals surface area contributed by atoms with Gasteiger partial charge in [0.25, 0.3) is 0 Å². The molecule has 46 heavy (non-hydrogen) atoms. The topological polar surface area (TPSA) is 22.2 Å². The molecule has 6 aromatic carbocycles. The molecule has 9 rings (SSSR count). The highest BCUT2D eigenvalue weighted by molar-refractivity contribution is 7.26. The largest absolute Gasteiger partial charge is 0.308 e. The van der Waals surface area contributed by atoms with E-state index in [0.717, 1.165) is 44.8 Å². The predicted molar refractivity (Wildman–Crippen MR) is 194 cm³/mol. The van der Waals surface area contributed by atoms with Crippen molar-refractivity contribution in [3.8, 4) is 39.3 Å². The van der Waals surface area contributed by atoms with Crippen LogP contribution in [0.1, 0.15) is 0 Å². The highest BCUT2D eigenvalue weighted by Gasteiger charge is 2.19. The summed E-state index contributed by atoms with van der Waals surface area (Å²) in [7, 11) is 0. The first-order valence-corrected chi connectivity index (χ1v) is 16.1. The van der Waals surface area contributed by atoms with Crippen LogP contribution in [0.25, 0.3) is 86.2 Å². The minimum Gasteiger partial charge on any atom is -0.308 e. The van der Waals surface area contributed by atoms with Crippen molar-refractivity contribution in [2.24, 2.45) is 0 Å². The molecule has 0 unspecified atom stereocenters. The van der Waals surface area contributed by atoms with Crippen LogP contribution in [0.5, 0.6) is 0 Å². The number of rotatable bonds is 4. The van der Waals surface area contributed by atoms with Gasteiger partial charge in [-0.15, -0.1) is 11.3 Å². The zero-order valence-corrected chi connectivity index (χ0v) is 25.5. The molecule has 0 radical (unpaired) electrons. The Morgan fingerprint density at radius 2 is 1.24 bits per heavy atom. The summed E-state index contributed by atoms with van der Waals surface area (Å²) in [6.45, 7) is 7.94. The predicted octanol–water partition coefficient (Wildman–Crippen LogP) is 12.1. The summed E-state index contributed by atoms with van der Waals surface area (Å²) in [5, 5.41) is 5.00. The second-order valence-corrected chi connectivity index (χ2v) is 12.5. The van der Waals surface area contributed by atoms with E-state index in [1.807, 2.05) is 53.8 Å². The van der Waals surface area contributed by atoms with E-state index in [9.17, 15) is 0 Å². The highest BCUT2D eigenvalue weighted by atomic mass is 32.1. The maximum Gasteiger partial charge on any atom is 0.194 e. The van der Waals surface area contributed by atoms with Gasteiger partial charge in [0, 0.05) is 43.1 Å². The molecule has 3 heterocycles. The Kier molecular flexibility index (Phi) is 6.06. The van der Waals surface area contributed by atoms with Gasteiger partial charge in [-0.05, 0) is 53.6 Å². The maximum atomic E-state index is 7.94. The van der Waals surface area contributed by atoms with Crippen molar-refractivity contribution in [3.05, 3.63) is 163 Å². The summed E-state index contributed by atoms with van der Waals surface area (Å²) in [6.07, 6.45) is 0. The van der Waals surface area contributed by atoms with E-state index in [1.54, 1.807) is 0 Å². The Morgan fingerprint density at radius 1 is 0.543 bits per heavy atom. The third-order valence-electron chi connectivity index (χ3n) is 8.81. The number of benzene rings is 6. The minimum absolute atomic E-state index is 0.630. The van der Waals surface area contributed by atoms with Gasteiger partial charge in [-0.25, -0.2) is 9.83 Å². The summed E-state index contributed by atoms with van der Waals surface area (Å²) < 4.78 is 4.97. The van der Waals surface area contributed by atoms with E-state index in [4.69, 9.17) is 11.6 Å². The fraction of sp³-hybridized carbons (Fsp3) is 0. The van der Waals surface area contributed by atoms with Gasteiger partial charge in [0.15, 0.2) is 5.69 Å². The van der Waals surface area contributed by atoms with E-state index >= 15 is 0 Å². The van der Waals surface area contributed by atoms with Gasteiger partial charge in [0.1, 0.15) is 0 Å². The molecule has 0 saturated carbocycles. The van der Waals surface area contributed by atoms with Crippen LogP contribution < -0.4 is 0 Å². The minimum atomic E-state index is 0.630. The molecule has 0 aliphatic heterocycles. The smallest absolute Gasteiger partial charge is 0.194 e. The number of aromatic nitrogens is 2. The molecule has 214 valence electrons. The van der Waals surface area contributed by atoms with Crippen LogP contribution in [0.3, 0.4) is 0 Å². The third kappa shape index (κ3) is 4.14. The normalized spacial score (nSPS) is 11.5. The average Bonchev–Trinajstić information content (AvgIpc) is 3.68. The quantitative estimate of drug-likeness (QED) is 0.183. The Bertz CT molecular complexity index is 2660. The molecular formula is C42H25N3S. The standard InChI is InChI=1S/C42H25N3S/c1-43-38-17-8-5-14-31(38)28-24-29(37-19-11-18-36(44-37)27-12-3-2-4-13-27)26-30(25-28)45-39-20-9-6-15-32(39)34-22-23-35-33-16-7-10-21-40(33)46-42(35)41(34)45/h2-26H. The van der Waals surface area contributed by atoms with Crippen LogP contribution in [0.15, 0.2) is 152 Å². The number of hydrogen-bond donors (Lipinski definition) is 0. The van der Waals surface area contributed by atoms with Crippen LogP contribution in [0, 0.1) is 6.57 Å². The van der Waals surface area contributed by atoms with Gasteiger partial charge in [-0.3, -0.25) is 0 Å². The maximum absolute atomic E-state index is 7.94. The summed E-state index contributed by atoms with van der Waals surface area (Å²) in [4.78, 5) is 9.04. The molecule has 0 amide bonds. The Morgan fingerprint density at radius 3 is 2.11 bits per heavy atom. The van der Waals surface area contributed by atoms with E-state index in [1.165, 1.54) is 36.5 Å². The first-order valence-electron chi connectivity index (χ1n) is 15.3. The van der Waals surface area contributed by atoms with Gasteiger partial charge < -0.3 is 4.57 Å². The number of thiophene rings is 1. The molecule has 0 spiro atoms. The van der Waals surface area contributed by atoms with Crippen molar-refractivity contribution in [1.29, 1.82) is 0 Å². The summed E-state index contributed by atoms with van der Waals surface area (Å²) in [6, 6.07) is 52.9. The lowest BCUT2D eigenvalue weighted by Gasteiger charge is -2.15. The molecule has 3 nitrogen and oxygen atoms in total. The molecule has 4 heteroatoms. The van der Waals surface area contributed by atoms with Crippen LogP contribution in [-0.4, -0.2) is 9.55 Å². The highest BCUT2D eigenvalue weighted by Crippen LogP contribution is 2.44. The Balaban J connectivity index is 1.38. The summed E-state index contributed by atoms with van der Waals surface area (Å²) in [5.74, 6) is 0. The van der Waals surface area contributed by atoms with E-state index in [0.29, 0.717) is 5.69 Å². The summed E-state index contributed by atoms with van der Waals surface area (Å²) in [5.41, 5.74) is 9.80. The first kappa shape index (κ1) is 26.4. The van der Waals surface area contributed by atoms with Crippen molar-refractivity contribution in [2.75, 3.05) is 0 Å². The molecule has 0 N–H and O–H groups in total. The molecule has 0 atom stereocenters.